The minimum atomic E-state index is -0.436. The molecular formula is C18H35NO3. The highest BCUT2D eigenvalue weighted by molar-refractivity contribution is 5.68. The van der Waals surface area contributed by atoms with E-state index in [2.05, 4.69) is 6.92 Å². The topological polar surface area (TPSA) is 49.8 Å². The van der Waals surface area contributed by atoms with Gasteiger partial charge in [-0.05, 0) is 39.0 Å². The zero-order valence-corrected chi connectivity index (χ0v) is 15.0. The molecule has 2 aliphatic rings. The number of hydrogen-bond acceptors (Lipinski definition) is 3. The van der Waals surface area contributed by atoms with Crippen molar-refractivity contribution in [3.8, 4) is 0 Å². The molecule has 0 atom stereocenters. The number of carbonyl (C=O) groups excluding carboxylic acids is 1. The number of nitrogens with zero attached hydrogens (tertiary/aromatic N) is 1. The normalized spacial score (nSPS) is 21.6. The number of piperidine rings is 1. The predicted octanol–water partition coefficient (Wildman–Crippen LogP) is 4.36. The van der Waals surface area contributed by atoms with Crippen LogP contribution in [-0.4, -0.2) is 41.4 Å². The average molecular weight is 313 g/mol. The Balaban J connectivity index is 0.000000335. The summed E-state index contributed by atoms with van der Waals surface area (Å²) in [5.74, 6) is 0. The van der Waals surface area contributed by atoms with E-state index in [9.17, 15) is 9.90 Å². The highest BCUT2D eigenvalue weighted by atomic mass is 16.6. The molecule has 0 aromatic rings. The number of likely N-dealkylation sites (tertiary alicyclic amines) is 1. The van der Waals surface area contributed by atoms with Gasteiger partial charge >= 0.3 is 6.09 Å². The van der Waals surface area contributed by atoms with Crippen LogP contribution in [0.4, 0.5) is 4.79 Å². The van der Waals surface area contributed by atoms with E-state index in [1.807, 2.05) is 20.8 Å². The Morgan fingerprint density at radius 3 is 1.77 bits per heavy atom. The average Bonchev–Trinajstić information content (AvgIpc) is 2.48. The van der Waals surface area contributed by atoms with Crippen LogP contribution < -0.4 is 0 Å². The van der Waals surface area contributed by atoms with E-state index in [4.69, 9.17) is 4.74 Å². The molecule has 1 N–H and O–H groups in total. The van der Waals surface area contributed by atoms with Gasteiger partial charge in [-0.2, -0.15) is 0 Å². The molecule has 1 aliphatic carbocycles. The summed E-state index contributed by atoms with van der Waals surface area (Å²) in [6.07, 6.45) is 10.4. The standard InChI is InChI=1S/C12H23NO3.C6H12/c1-11(2,3)16-10(15)13-7-5-12(4,9-14)6-8-13;1-2-4-6-5-3-1/h14H,5-9H2,1-4H3;1-6H2. The van der Waals surface area contributed by atoms with Gasteiger partial charge in [0.2, 0.25) is 0 Å². The van der Waals surface area contributed by atoms with Crippen LogP contribution in [0, 0.1) is 5.41 Å². The lowest BCUT2D eigenvalue weighted by atomic mass is 9.81. The molecule has 0 unspecified atom stereocenters. The Hall–Kier alpha value is -0.770. The molecule has 130 valence electrons. The quantitative estimate of drug-likeness (QED) is 0.782. The first kappa shape index (κ1) is 19.3. The molecule has 4 nitrogen and oxygen atoms in total. The van der Waals surface area contributed by atoms with Gasteiger partial charge in [-0.15, -0.1) is 0 Å². The van der Waals surface area contributed by atoms with Gasteiger partial charge in [-0.1, -0.05) is 45.4 Å². The Bertz CT molecular complexity index is 312. The molecule has 1 heterocycles. The second-order valence-electron chi connectivity index (χ2n) is 8.06. The predicted molar refractivity (Wildman–Crippen MR) is 89.9 cm³/mol. The molecule has 0 aromatic carbocycles. The van der Waals surface area contributed by atoms with Crippen LogP contribution in [0.3, 0.4) is 0 Å². The summed E-state index contributed by atoms with van der Waals surface area (Å²) >= 11 is 0. The zero-order valence-electron chi connectivity index (χ0n) is 15.0. The van der Waals surface area contributed by atoms with E-state index in [0.717, 1.165) is 12.8 Å². The first-order valence-corrected chi connectivity index (χ1v) is 8.85. The van der Waals surface area contributed by atoms with E-state index in [1.165, 1.54) is 38.5 Å². The monoisotopic (exact) mass is 313 g/mol. The van der Waals surface area contributed by atoms with Crippen molar-refractivity contribution in [2.24, 2.45) is 5.41 Å². The Morgan fingerprint density at radius 2 is 1.45 bits per heavy atom. The van der Waals surface area contributed by atoms with Crippen LogP contribution in [0.5, 0.6) is 0 Å². The first-order chi connectivity index (χ1) is 10.3. The highest BCUT2D eigenvalue weighted by Gasteiger charge is 2.32. The second-order valence-corrected chi connectivity index (χ2v) is 8.06. The van der Waals surface area contributed by atoms with Gasteiger partial charge in [0.15, 0.2) is 0 Å². The van der Waals surface area contributed by atoms with E-state index in [0.29, 0.717) is 13.1 Å². The number of hydrogen-bond donors (Lipinski definition) is 1. The summed E-state index contributed by atoms with van der Waals surface area (Å²) in [6.45, 7) is 9.19. The summed E-state index contributed by atoms with van der Waals surface area (Å²) in [4.78, 5) is 13.5. The third-order valence-corrected chi connectivity index (χ3v) is 4.50. The van der Waals surface area contributed by atoms with Crippen LogP contribution in [-0.2, 0) is 4.74 Å². The molecule has 1 amide bonds. The molecule has 2 fully saturated rings. The molecule has 22 heavy (non-hydrogen) atoms. The summed E-state index contributed by atoms with van der Waals surface area (Å²) in [7, 11) is 0. The molecule has 0 bridgehead atoms. The maximum Gasteiger partial charge on any atom is 0.410 e. The number of ether oxygens (including phenoxy) is 1. The molecule has 4 heteroatoms. The molecule has 1 saturated heterocycles. The third kappa shape index (κ3) is 7.48. The number of aliphatic hydroxyl groups is 1. The molecule has 1 aliphatic heterocycles. The van der Waals surface area contributed by atoms with Gasteiger partial charge in [0.05, 0.1) is 0 Å². The Kier molecular flexibility index (Phi) is 7.67. The van der Waals surface area contributed by atoms with E-state index >= 15 is 0 Å². The number of rotatable bonds is 1. The van der Waals surface area contributed by atoms with Crippen molar-refractivity contribution in [1.29, 1.82) is 0 Å². The van der Waals surface area contributed by atoms with Gasteiger partial charge in [0.1, 0.15) is 5.60 Å². The van der Waals surface area contributed by atoms with Gasteiger partial charge in [-0.25, -0.2) is 4.79 Å². The second kappa shape index (κ2) is 8.76. The van der Waals surface area contributed by atoms with Crippen molar-refractivity contribution in [3.05, 3.63) is 0 Å². The minimum Gasteiger partial charge on any atom is -0.444 e. The molecule has 2 rings (SSSR count). The van der Waals surface area contributed by atoms with Crippen LogP contribution in [0.15, 0.2) is 0 Å². The van der Waals surface area contributed by atoms with Crippen molar-refractivity contribution < 1.29 is 14.6 Å². The lowest BCUT2D eigenvalue weighted by Gasteiger charge is -2.38. The summed E-state index contributed by atoms with van der Waals surface area (Å²) in [5, 5.41) is 9.23. The van der Waals surface area contributed by atoms with Crippen molar-refractivity contribution >= 4 is 6.09 Å². The zero-order chi connectivity index (χ0) is 16.6. The largest absolute Gasteiger partial charge is 0.444 e. The number of amides is 1. The van der Waals surface area contributed by atoms with E-state index in [1.54, 1.807) is 4.90 Å². The number of carbonyl (C=O) groups is 1. The maximum atomic E-state index is 11.8. The maximum absolute atomic E-state index is 11.8. The first-order valence-electron chi connectivity index (χ1n) is 8.85. The fourth-order valence-corrected chi connectivity index (χ4v) is 2.77. The summed E-state index contributed by atoms with van der Waals surface area (Å²) in [5.41, 5.74) is -0.465. The van der Waals surface area contributed by atoms with Gasteiger partial charge in [0.25, 0.3) is 0 Å². The van der Waals surface area contributed by atoms with Crippen molar-refractivity contribution in [3.63, 3.8) is 0 Å². The summed E-state index contributed by atoms with van der Waals surface area (Å²) in [6, 6.07) is 0. The molecule has 0 radical (unpaired) electrons. The Labute approximate surface area is 136 Å². The van der Waals surface area contributed by atoms with Gasteiger partial charge in [0, 0.05) is 19.7 Å². The lowest BCUT2D eigenvalue weighted by Crippen LogP contribution is -2.45. The Morgan fingerprint density at radius 1 is 1.05 bits per heavy atom. The van der Waals surface area contributed by atoms with Crippen molar-refractivity contribution in [1.82, 2.24) is 4.90 Å². The SMILES string of the molecule is C1CCCCC1.CC1(CO)CCN(C(=O)OC(C)(C)C)CC1. The van der Waals surface area contributed by atoms with Crippen molar-refractivity contribution in [2.45, 2.75) is 84.7 Å². The highest BCUT2D eigenvalue weighted by Crippen LogP contribution is 2.30. The van der Waals surface area contributed by atoms with Crippen LogP contribution >= 0.6 is 0 Å². The fourth-order valence-electron chi connectivity index (χ4n) is 2.77. The van der Waals surface area contributed by atoms with Crippen LogP contribution in [0.1, 0.15) is 79.1 Å². The minimum absolute atomic E-state index is 0.0293. The third-order valence-electron chi connectivity index (χ3n) is 4.50. The van der Waals surface area contributed by atoms with Crippen molar-refractivity contribution in [2.75, 3.05) is 19.7 Å². The summed E-state index contributed by atoms with van der Waals surface area (Å²) < 4.78 is 5.30. The molecule has 0 aromatic heterocycles. The van der Waals surface area contributed by atoms with E-state index < -0.39 is 5.60 Å². The molecule has 1 saturated carbocycles. The molecule has 0 spiro atoms. The van der Waals surface area contributed by atoms with Crippen LogP contribution in [0.25, 0.3) is 0 Å². The fraction of sp³-hybridized carbons (Fsp3) is 0.944. The van der Waals surface area contributed by atoms with E-state index in [-0.39, 0.29) is 18.1 Å². The van der Waals surface area contributed by atoms with Gasteiger partial charge < -0.3 is 14.7 Å². The number of aliphatic hydroxyl groups excluding tert-OH is 1. The van der Waals surface area contributed by atoms with Gasteiger partial charge in [-0.3, -0.25) is 0 Å². The molecular weight excluding hydrogens is 278 g/mol. The van der Waals surface area contributed by atoms with Crippen LogP contribution in [0.2, 0.25) is 0 Å². The smallest absolute Gasteiger partial charge is 0.410 e. The lowest BCUT2D eigenvalue weighted by molar-refractivity contribution is 0.00390.